The first kappa shape index (κ1) is 23.7. The molecule has 0 unspecified atom stereocenters. The third kappa shape index (κ3) is 4.23. The van der Waals surface area contributed by atoms with E-state index in [1.165, 1.54) is 11.2 Å². The Labute approximate surface area is 172 Å². The van der Waals surface area contributed by atoms with E-state index in [2.05, 4.69) is 10.3 Å². The number of carbonyl (C=O) groups is 1. The molecule has 1 aliphatic rings. The van der Waals surface area contributed by atoms with Crippen molar-refractivity contribution in [1.82, 2.24) is 19.8 Å². The average molecular weight is 437 g/mol. The Morgan fingerprint density at radius 1 is 1.26 bits per heavy atom. The molecule has 0 bridgehead atoms. The van der Waals surface area contributed by atoms with Crippen LogP contribution in [0.1, 0.15) is 18.7 Å². The van der Waals surface area contributed by atoms with Crippen LogP contribution in [-0.2, 0) is 28.2 Å². The fourth-order valence-electron chi connectivity index (χ4n) is 3.54. The van der Waals surface area contributed by atoms with E-state index in [1.54, 1.807) is 7.05 Å². The van der Waals surface area contributed by atoms with Gasteiger partial charge in [-0.15, -0.1) is 24.8 Å². The second-order valence-electron chi connectivity index (χ2n) is 6.75. The van der Waals surface area contributed by atoms with Crippen LogP contribution in [0.2, 0.25) is 0 Å². The Morgan fingerprint density at radius 2 is 1.85 bits per heavy atom. The number of nitrogens with zero attached hydrogens (tertiary/aromatic N) is 3. The highest BCUT2D eigenvalue weighted by molar-refractivity contribution is 7.92. The zero-order valence-electron chi connectivity index (χ0n) is 15.6. The highest BCUT2D eigenvalue weighted by atomic mass is 35.5. The Balaban J connectivity index is 0.00000182. The monoisotopic (exact) mass is 436 g/mol. The smallest absolute Gasteiger partial charge is 0.244 e. The summed E-state index contributed by atoms with van der Waals surface area (Å²) in [5.41, 5.74) is 1.85. The summed E-state index contributed by atoms with van der Waals surface area (Å²) in [6.07, 6.45) is 1.77. The summed E-state index contributed by atoms with van der Waals surface area (Å²) in [6.45, 7) is 1.33. The largest absolute Gasteiger partial charge is 0.337 e. The average Bonchev–Trinajstić information content (AvgIpc) is 2.90. The van der Waals surface area contributed by atoms with Gasteiger partial charge in [-0.3, -0.25) is 4.79 Å². The highest BCUT2D eigenvalue weighted by Crippen LogP contribution is 2.30. The molecule has 1 aliphatic heterocycles. The molecule has 0 spiro atoms. The normalized spacial score (nSPS) is 16.3. The van der Waals surface area contributed by atoms with Gasteiger partial charge in [0.1, 0.15) is 5.82 Å². The zero-order valence-corrected chi connectivity index (χ0v) is 18.1. The van der Waals surface area contributed by atoms with Gasteiger partial charge in [-0.1, -0.05) is 12.1 Å². The van der Waals surface area contributed by atoms with Gasteiger partial charge in [-0.05, 0) is 38.1 Å². The molecule has 1 aromatic heterocycles. The molecule has 7 nitrogen and oxygen atoms in total. The summed E-state index contributed by atoms with van der Waals surface area (Å²) in [5, 5.41) is 3.13. The molecule has 2 aromatic rings. The minimum atomic E-state index is -3.52. The maximum atomic E-state index is 13.1. The maximum Gasteiger partial charge on any atom is 0.244 e. The lowest BCUT2D eigenvalue weighted by Crippen LogP contribution is -2.57. The van der Waals surface area contributed by atoms with Gasteiger partial charge in [0.25, 0.3) is 0 Å². The number of hydrogen-bond donors (Lipinski definition) is 1. The van der Waals surface area contributed by atoms with E-state index in [1.807, 2.05) is 35.9 Å². The van der Waals surface area contributed by atoms with Gasteiger partial charge >= 0.3 is 0 Å². The Kier molecular flexibility index (Phi) is 7.69. The standard InChI is InChI=1S/C17H24N4O3S.2ClH/c1-20(12-15-19-13-6-4-5-7-14(13)21(15)2)16(22)17(25(3,23)24)8-10-18-11-9-17;;/h4-7,18H,8-12H2,1-3H3;2*1H. The van der Waals surface area contributed by atoms with Crippen molar-refractivity contribution in [3.8, 4) is 0 Å². The second kappa shape index (κ2) is 8.77. The number of aromatic nitrogens is 2. The fourth-order valence-corrected chi connectivity index (χ4v) is 4.96. The number of amides is 1. The van der Waals surface area contributed by atoms with Crippen LogP contribution in [0.4, 0.5) is 0 Å². The van der Waals surface area contributed by atoms with Crippen molar-refractivity contribution >= 4 is 51.6 Å². The predicted octanol–water partition coefficient (Wildman–Crippen LogP) is 1.54. The highest BCUT2D eigenvalue weighted by Gasteiger charge is 2.50. The van der Waals surface area contributed by atoms with E-state index in [0.29, 0.717) is 25.9 Å². The molecule has 3 rings (SSSR count). The minimum absolute atomic E-state index is 0. The molecule has 2 heterocycles. The molecular formula is C17H26Cl2N4O3S. The summed E-state index contributed by atoms with van der Waals surface area (Å²) in [4.78, 5) is 19.1. The molecule has 1 fully saturated rings. The van der Waals surface area contributed by atoms with Crippen molar-refractivity contribution in [2.75, 3.05) is 26.4 Å². The van der Waals surface area contributed by atoms with Crippen LogP contribution < -0.4 is 5.32 Å². The van der Waals surface area contributed by atoms with Gasteiger partial charge in [-0.25, -0.2) is 13.4 Å². The van der Waals surface area contributed by atoms with Crippen molar-refractivity contribution in [2.24, 2.45) is 7.05 Å². The van der Waals surface area contributed by atoms with E-state index >= 15 is 0 Å². The summed E-state index contributed by atoms with van der Waals surface area (Å²) >= 11 is 0. The number of aryl methyl sites for hydroxylation is 1. The van der Waals surface area contributed by atoms with Gasteiger partial charge in [0.15, 0.2) is 14.6 Å². The number of benzene rings is 1. The van der Waals surface area contributed by atoms with Crippen molar-refractivity contribution in [2.45, 2.75) is 24.1 Å². The molecule has 0 saturated carbocycles. The summed E-state index contributed by atoms with van der Waals surface area (Å²) in [5.74, 6) is 0.387. The van der Waals surface area contributed by atoms with Crippen molar-refractivity contribution in [3.05, 3.63) is 30.1 Å². The van der Waals surface area contributed by atoms with Crippen LogP contribution in [0.25, 0.3) is 11.0 Å². The second-order valence-corrected chi connectivity index (χ2v) is 9.08. The van der Waals surface area contributed by atoms with Crippen molar-refractivity contribution in [3.63, 3.8) is 0 Å². The molecule has 0 atom stereocenters. The number of para-hydroxylation sites is 2. The van der Waals surface area contributed by atoms with Crippen molar-refractivity contribution < 1.29 is 13.2 Å². The maximum absolute atomic E-state index is 13.1. The van der Waals surface area contributed by atoms with Gasteiger partial charge in [0.2, 0.25) is 5.91 Å². The topological polar surface area (TPSA) is 84.3 Å². The van der Waals surface area contributed by atoms with E-state index in [-0.39, 0.29) is 37.3 Å². The summed E-state index contributed by atoms with van der Waals surface area (Å²) in [6, 6.07) is 7.75. The van der Waals surface area contributed by atoms with Gasteiger partial charge in [-0.2, -0.15) is 0 Å². The number of piperidine rings is 1. The third-order valence-corrected chi connectivity index (χ3v) is 7.12. The molecule has 1 saturated heterocycles. The number of fused-ring (bicyclic) bond motifs is 1. The number of nitrogens with one attached hydrogen (secondary N) is 1. The van der Waals surface area contributed by atoms with Crippen molar-refractivity contribution in [1.29, 1.82) is 0 Å². The third-order valence-electron chi connectivity index (χ3n) is 5.12. The van der Waals surface area contributed by atoms with E-state index < -0.39 is 14.6 Å². The number of hydrogen-bond acceptors (Lipinski definition) is 5. The number of rotatable bonds is 4. The summed E-state index contributed by atoms with van der Waals surface area (Å²) < 4.78 is 25.4. The van der Waals surface area contributed by atoms with Gasteiger partial charge in [0, 0.05) is 20.4 Å². The van der Waals surface area contributed by atoms with Gasteiger partial charge < -0.3 is 14.8 Å². The van der Waals surface area contributed by atoms with Gasteiger partial charge in [0.05, 0.1) is 17.6 Å². The van der Waals surface area contributed by atoms with Crippen LogP contribution in [0.15, 0.2) is 24.3 Å². The molecule has 1 aromatic carbocycles. The first-order valence-corrected chi connectivity index (χ1v) is 10.2. The summed E-state index contributed by atoms with van der Waals surface area (Å²) in [7, 11) is 0.0349. The van der Waals surface area contributed by atoms with Crippen LogP contribution in [0.5, 0.6) is 0 Å². The molecule has 1 amide bonds. The fraction of sp³-hybridized carbons (Fsp3) is 0.529. The number of sulfone groups is 1. The van der Waals surface area contributed by atoms with Crippen LogP contribution in [0.3, 0.4) is 0 Å². The first-order valence-electron chi connectivity index (χ1n) is 8.32. The molecule has 10 heteroatoms. The molecule has 152 valence electrons. The minimum Gasteiger partial charge on any atom is -0.337 e. The van der Waals surface area contributed by atoms with Crippen LogP contribution in [0, 0.1) is 0 Å². The van der Waals surface area contributed by atoms with Crippen LogP contribution in [-0.4, -0.2) is 59.9 Å². The zero-order chi connectivity index (χ0) is 18.2. The lowest BCUT2D eigenvalue weighted by Gasteiger charge is -2.37. The number of halogens is 2. The molecule has 27 heavy (non-hydrogen) atoms. The molecular weight excluding hydrogens is 411 g/mol. The van der Waals surface area contributed by atoms with E-state index in [0.717, 1.165) is 16.9 Å². The lowest BCUT2D eigenvalue weighted by molar-refractivity contribution is -0.134. The predicted molar refractivity (Wildman–Crippen MR) is 111 cm³/mol. The van der Waals surface area contributed by atoms with E-state index in [9.17, 15) is 13.2 Å². The Morgan fingerprint density at radius 3 is 2.41 bits per heavy atom. The SMILES string of the molecule is CN(Cc1nc2ccccc2n1C)C(=O)C1(S(C)(=O)=O)CCNCC1.Cl.Cl. The Bertz CT molecular complexity index is 908. The first-order chi connectivity index (χ1) is 11.8. The Hall–Kier alpha value is -1.35. The molecule has 1 N–H and O–H groups in total. The van der Waals surface area contributed by atoms with E-state index in [4.69, 9.17) is 0 Å². The number of imidazole rings is 1. The van der Waals surface area contributed by atoms with Crippen LogP contribution >= 0.6 is 24.8 Å². The molecule has 0 aliphatic carbocycles. The quantitative estimate of drug-likeness (QED) is 0.785. The number of carbonyl (C=O) groups excluding carboxylic acids is 1. The lowest BCUT2D eigenvalue weighted by atomic mass is 9.95. The molecule has 0 radical (unpaired) electrons.